The van der Waals surface area contributed by atoms with Crippen molar-refractivity contribution >= 4 is 34.4 Å². The van der Waals surface area contributed by atoms with E-state index in [9.17, 15) is 5.26 Å². The molecule has 0 spiro atoms. The van der Waals surface area contributed by atoms with Crippen molar-refractivity contribution in [3.8, 4) is 6.07 Å². The molecular weight excluding hydrogens is 302 g/mol. The minimum atomic E-state index is 0.289. The Kier molecular flexibility index (Phi) is 4.14. The number of nitriles is 1. The van der Waals surface area contributed by atoms with Crippen LogP contribution in [0.25, 0.3) is 11.0 Å². The number of para-hydroxylation sites is 1. The van der Waals surface area contributed by atoms with Gasteiger partial charge in [-0.3, -0.25) is 0 Å². The zero-order valence-corrected chi connectivity index (χ0v) is 13.7. The fraction of sp³-hybridized carbons (Fsp3) is 0.500. The Morgan fingerprint density at radius 3 is 2.81 bits per heavy atom. The van der Waals surface area contributed by atoms with E-state index in [1.165, 1.54) is 25.7 Å². The molecule has 0 radical (unpaired) electrons. The third-order valence-electron chi connectivity index (χ3n) is 4.49. The Balaban J connectivity index is 2.11. The number of hydrogen-bond donors (Lipinski definition) is 0. The highest BCUT2D eigenvalue weighted by Crippen LogP contribution is 2.42. The van der Waals surface area contributed by atoms with Crippen molar-refractivity contribution in [1.82, 2.24) is 9.55 Å². The van der Waals surface area contributed by atoms with Crippen LogP contribution in [0.3, 0.4) is 0 Å². The second-order valence-corrected chi connectivity index (χ2v) is 7.17. The molecule has 3 nitrogen and oxygen atoms in total. The van der Waals surface area contributed by atoms with E-state index in [1.807, 2.05) is 30.0 Å². The largest absolute Gasteiger partial charge is 0.326 e. The van der Waals surface area contributed by atoms with Gasteiger partial charge in [0, 0.05) is 11.3 Å². The molecule has 0 amide bonds. The highest BCUT2D eigenvalue weighted by molar-refractivity contribution is 8.00. The third kappa shape index (κ3) is 2.54. The van der Waals surface area contributed by atoms with E-state index >= 15 is 0 Å². The summed E-state index contributed by atoms with van der Waals surface area (Å²) in [6.07, 6.45) is 7.28. The minimum Gasteiger partial charge on any atom is -0.326 e. The van der Waals surface area contributed by atoms with E-state index in [0.717, 1.165) is 23.4 Å². The van der Waals surface area contributed by atoms with Gasteiger partial charge in [0.2, 0.25) is 0 Å². The van der Waals surface area contributed by atoms with Crippen LogP contribution < -0.4 is 0 Å². The maximum Gasteiger partial charge on any atom is 0.124 e. The Labute approximate surface area is 134 Å². The third-order valence-corrected chi connectivity index (χ3v) is 6.13. The molecule has 0 N–H and O–H groups in total. The van der Waals surface area contributed by atoms with Gasteiger partial charge in [0.15, 0.2) is 0 Å². The van der Waals surface area contributed by atoms with E-state index in [4.69, 9.17) is 11.6 Å². The predicted molar refractivity (Wildman–Crippen MR) is 88.7 cm³/mol. The van der Waals surface area contributed by atoms with Crippen molar-refractivity contribution in [2.75, 3.05) is 6.26 Å². The zero-order chi connectivity index (χ0) is 14.9. The Bertz CT molecular complexity index is 695. The fourth-order valence-corrected chi connectivity index (χ4v) is 4.46. The maximum atomic E-state index is 9.25. The first kappa shape index (κ1) is 14.7. The van der Waals surface area contributed by atoms with Crippen LogP contribution in [-0.4, -0.2) is 20.6 Å². The van der Waals surface area contributed by atoms with Crippen molar-refractivity contribution in [2.45, 2.75) is 42.9 Å². The van der Waals surface area contributed by atoms with Gasteiger partial charge in [-0.1, -0.05) is 18.9 Å². The first-order valence-corrected chi connectivity index (χ1v) is 8.98. The number of fused-ring (bicyclic) bond motifs is 1. The van der Waals surface area contributed by atoms with Gasteiger partial charge in [-0.15, -0.1) is 11.6 Å². The number of benzene rings is 1. The number of hydrogen-bond acceptors (Lipinski definition) is 3. The first-order valence-electron chi connectivity index (χ1n) is 7.22. The number of halogens is 1. The summed E-state index contributed by atoms with van der Waals surface area (Å²) >= 11 is 8.06. The van der Waals surface area contributed by atoms with Gasteiger partial charge in [0.05, 0.1) is 17.0 Å². The second-order valence-electron chi connectivity index (χ2n) is 5.63. The van der Waals surface area contributed by atoms with Crippen molar-refractivity contribution < 1.29 is 0 Å². The average Bonchev–Trinajstić information content (AvgIpc) is 3.13. The molecule has 0 aliphatic heterocycles. The van der Waals surface area contributed by atoms with Crippen LogP contribution in [0.1, 0.15) is 37.1 Å². The lowest BCUT2D eigenvalue weighted by atomic mass is 10.1. The molecule has 1 fully saturated rings. The molecule has 1 aliphatic rings. The van der Waals surface area contributed by atoms with Crippen molar-refractivity contribution in [2.24, 2.45) is 0 Å². The summed E-state index contributed by atoms with van der Waals surface area (Å²) in [4.78, 5) is 4.61. The average molecular weight is 320 g/mol. The van der Waals surface area contributed by atoms with E-state index in [-0.39, 0.29) is 4.75 Å². The van der Waals surface area contributed by atoms with Gasteiger partial charge >= 0.3 is 0 Å². The summed E-state index contributed by atoms with van der Waals surface area (Å²) in [6.45, 7) is 0.932. The molecule has 3 rings (SSSR count). The maximum absolute atomic E-state index is 9.25. The lowest BCUT2D eigenvalue weighted by Gasteiger charge is -2.28. The summed E-state index contributed by atoms with van der Waals surface area (Å²) < 4.78 is 2.52. The van der Waals surface area contributed by atoms with E-state index in [1.54, 1.807) is 0 Å². The van der Waals surface area contributed by atoms with Gasteiger partial charge in [0.1, 0.15) is 17.4 Å². The summed E-state index contributed by atoms with van der Waals surface area (Å²) in [6, 6.07) is 8.02. The molecular formula is C16H18ClN3S. The van der Waals surface area contributed by atoms with Gasteiger partial charge in [-0.25, -0.2) is 4.98 Å². The number of imidazole rings is 1. The van der Waals surface area contributed by atoms with Crippen LogP contribution in [0.15, 0.2) is 18.2 Å². The monoisotopic (exact) mass is 319 g/mol. The zero-order valence-electron chi connectivity index (χ0n) is 12.1. The number of aromatic nitrogens is 2. The fourth-order valence-electron chi connectivity index (χ4n) is 3.30. The Morgan fingerprint density at radius 1 is 1.43 bits per heavy atom. The summed E-state index contributed by atoms with van der Waals surface area (Å²) in [7, 11) is 0. The van der Waals surface area contributed by atoms with E-state index < -0.39 is 0 Å². The Morgan fingerprint density at radius 2 is 2.19 bits per heavy atom. The summed E-state index contributed by atoms with van der Waals surface area (Å²) in [5, 5.41) is 9.25. The van der Waals surface area contributed by atoms with Crippen LogP contribution >= 0.6 is 23.4 Å². The SMILES string of the molecule is CSC1(Cn2c(CCl)nc3c(C#N)cccc32)CCCC1. The highest BCUT2D eigenvalue weighted by Gasteiger charge is 2.34. The molecule has 0 bridgehead atoms. The molecule has 0 unspecified atom stereocenters. The summed E-state index contributed by atoms with van der Waals surface area (Å²) in [5.74, 6) is 1.25. The normalized spacial score (nSPS) is 17.2. The quantitative estimate of drug-likeness (QED) is 0.788. The van der Waals surface area contributed by atoms with Crippen LogP contribution in [0.2, 0.25) is 0 Å². The molecule has 1 heterocycles. The molecule has 1 aromatic carbocycles. The molecule has 5 heteroatoms. The lowest BCUT2D eigenvalue weighted by Crippen LogP contribution is -2.27. The number of alkyl halides is 1. The smallest absolute Gasteiger partial charge is 0.124 e. The van der Waals surface area contributed by atoms with Crippen LogP contribution in [0.5, 0.6) is 0 Å². The molecule has 0 saturated heterocycles. The number of nitrogens with zero attached hydrogens (tertiary/aromatic N) is 3. The highest BCUT2D eigenvalue weighted by atomic mass is 35.5. The van der Waals surface area contributed by atoms with E-state index in [0.29, 0.717) is 11.4 Å². The predicted octanol–water partition coefficient (Wildman–Crippen LogP) is 4.32. The van der Waals surface area contributed by atoms with Gasteiger partial charge in [0.25, 0.3) is 0 Å². The minimum absolute atomic E-state index is 0.289. The second kappa shape index (κ2) is 5.90. The number of thioether (sulfide) groups is 1. The van der Waals surface area contributed by atoms with Crippen molar-refractivity contribution in [3.05, 3.63) is 29.6 Å². The summed E-state index contributed by atoms with van der Waals surface area (Å²) in [5.41, 5.74) is 2.44. The molecule has 1 aliphatic carbocycles. The number of rotatable bonds is 4. The standard InChI is InChI=1S/C16H18ClN3S/c1-21-16(7-2-3-8-16)11-20-13-6-4-5-12(10-18)15(13)19-14(20)9-17/h4-6H,2-3,7-9,11H2,1H3. The van der Waals surface area contributed by atoms with Crippen LogP contribution in [0.4, 0.5) is 0 Å². The van der Waals surface area contributed by atoms with Crippen LogP contribution in [0, 0.1) is 11.3 Å². The van der Waals surface area contributed by atoms with Crippen molar-refractivity contribution in [3.63, 3.8) is 0 Å². The molecule has 2 aromatic rings. The lowest BCUT2D eigenvalue weighted by molar-refractivity contribution is 0.505. The first-order chi connectivity index (χ1) is 10.2. The van der Waals surface area contributed by atoms with Gasteiger partial charge < -0.3 is 4.57 Å². The van der Waals surface area contributed by atoms with E-state index in [2.05, 4.69) is 21.9 Å². The molecule has 110 valence electrons. The molecule has 21 heavy (non-hydrogen) atoms. The molecule has 1 aromatic heterocycles. The van der Waals surface area contributed by atoms with Gasteiger partial charge in [-0.2, -0.15) is 17.0 Å². The van der Waals surface area contributed by atoms with Crippen molar-refractivity contribution in [1.29, 1.82) is 5.26 Å². The van der Waals surface area contributed by atoms with Crippen LogP contribution in [-0.2, 0) is 12.4 Å². The molecule has 0 atom stereocenters. The topological polar surface area (TPSA) is 41.6 Å². The Hall–Kier alpha value is -1.18. The van der Waals surface area contributed by atoms with Gasteiger partial charge in [-0.05, 0) is 31.2 Å². The molecule has 1 saturated carbocycles.